The van der Waals surface area contributed by atoms with Crippen molar-refractivity contribution in [2.75, 3.05) is 0 Å². The molecule has 0 unspecified atom stereocenters. The largest absolute Gasteiger partial charge is 2.00 e. The fourth-order valence-electron chi connectivity index (χ4n) is 2.50. The van der Waals surface area contributed by atoms with Gasteiger partial charge in [-0.05, 0) is 47.9 Å². The second-order valence-corrected chi connectivity index (χ2v) is 10.6. The van der Waals surface area contributed by atoms with Crippen LogP contribution in [-0.4, -0.2) is 22.4 Å². The second-order valence-electron chi connectivity index (χ2n) is 10.6. The molecule has 2 rings (SSSR count). The van der Waals surface area contributed by atoms with Gasteiger partial charge in [-0.15, -0.1) is 12.2 Å². The topological polar surface area (TPSA) is 86.6 Å². The number of benzene rings is 2. The molecule has 0 fully saturated rings. The van der Waals surface area contributed by atoms with Gasteiger partial charge in [0.2, 0.25) is 0 Å². The van der Waals surface area contributed by atoms with Gasteiger partial charge < -0.3 is 20.4 Å². The first-order valence-electron chi connectivity index (χ1n) is 11.2. The van der Waals surface area contributed by atoms with Crippen LogP contribution in [0.2, 0.25) is 0 Å². The standard InChI is InChI=1S/2C11H16O.2C3H7O.Ti/c2*1-8-5-6-10(12)9(7-8)11(2,3)4;2*1-3(2)4;/h2*5-7,12H,1-4H3;2*3H,1-2H3;/q;;2*-1;+2. The summed E-state index contributed by atoms with van der Waals surface area (Å²) in [6.07, 6.45) is -0.833. The summed E-state index contributed by atoms with van der Waals surface area (Å²) in [6, 6.07) is 11.4. The summed E-state index contributed by atoms with van der Waals surface area (Å²) in [6.45, 7) is 23.1. The summed E-state index contributed by atoms with van der Waals surface area (Å²) in [7, 11) is 0. The molecule has 0 aliphatic heterocycles. The summed E-state index contributed by atoms with van der Waals surface area (Å²) < 4.78 is 0. The van der Waals surface area contributed by atoms with E-state index in [-0.39, 0.29) is 32.5 Å². The molecule has 2 N–H and O–H groups in total. The maximum Gasteiger partial charge on any atom is 2.00 e. The van der Waals surface area contributed by atoms with Crippen LogP contribution in [0.15, 0.2) is 36.4 Å². The van der Waals surface area contributed by atoms with Gasteiger partial charge in [0.1, 0.15) is 11.5 Å². The second kappa shape index (κ2) is 16.3. The molecule has 5 heteroatoms. The van der Waals surface area contributed by atoms with E-state index in [1.54, 1.807) is 39.8 Å². The molecule has 0 amide bonds. The Balaban J connectivity index is -0.000000405. The van der Waals surface area contributed by atoms with Crippen molar-refractivity contribution < 1.29 is 42.1 Å². The number of aryl methyl sites for hydroxylation is 2. The molecule has 0 bridgehead atoms. The molecule has 0 saturated heterocycles. The first kappa shape index (κ1) is 36.2. The fraction of sp³-hybridized carbons (Fsp3) is 0.571. The molecular formula is C28H46O4Ti. The quantitative estimate of drug-likeness (QED) is 0.473. The summed E-state index contributed by atoms with van der Waals surface area (Å²) in [5, 5.41) is 38.2. The average Bonchev–Trinajstić information content (AvgIpc) is 2.57. The van der Waals surface area contributed by atoms with Gasteiger partial charge in [-0.1, -0.05) is 105 Å². The maximum atomic E-state index is 9.57. The van der Waals surface area contributed by atoms with Crippen LogP contribution in [0.4, 0.5) is 0 Å². The number of hydrogen-bond acceptors (Lipinski definition) is 4. The smallest absolute Gasteiger partial charge is 0.852 e. The van der Waals surface area contributed by atoms with Gasteiger partial charge in [-0.25, -0.2) is 0 Å². The first-order chi connectivity index (χ1) is 14.3. The van der Waals surface area contributed by atoms with Crippen LogP contribution in [0.25, 0.3) is 0 Å². The number of phenols is 2. The number of rotatable bonds is 0. The molecule has 0 heterocycles. The fourth-order valence-corrected chi connectivity index (χ4v) is 2.50. The van der Waals surface area contributed by atoms with Crippen molar-refractivity contribution >= 4 is 0 Å². The molecule has 33 heavy (non-hydrogen) atoms. The predicted octanol–water partition coefficient (Wildman–Crippen LogP) is 5.50. The van der Waals surface area contributed by atoms with Gasteiger partial charge in [0.15, 0.2) is 0 Å². The van der Waals surface area contributed by atoms with E-state index in [4.69, 9.17) is 0 Å². The van der Waals surface area contributed by atoms with E-state index >= 15 is 0 Å². The minimum absolute atomic E-state index is 0. The molecule has 0 aliphatic carbocycles. The van der Waals surface area contributed by atoms with Gasteiger partial charge in [0, 0.05) is 0 Å². The van der Waals surface area contributed by atoms with Crippen LogP contribution in [-0.2, 0) is 32.5 Å². The van der Waals surface area contributed by atoms with E-state index < -0.39 is 12.2 Å². The maximum absolute atomic E-state index is 9.57. The summed E-state index contributed by atoms with van der Waals surface area (Å²) in [5.74, 6) is 0.793. The van der Waals surface area contributed by atoms with Crippen LogP contribution < -0.4 is 10.2 Å². The van der Waals surface area contributed by atoms with E-state index in [1.807, 2.05) is 38.1 Å². The van der Waals surface area contributed by atoms with E-state index in [0.717, 1.165) is 11.1 Å². The van der Waals surface area contributed by atoms with Gasteiger partial charge in [0.25, 0.3) is 0 Å². The Bertz CT molecular complexity index is 712. The van der Waals surface area contributed by atoms with Crippen molar-refractivity contribution in [1.29, 1.82) is 0 Å². The van der Waals surface area contributed by atoms with Gasteiger partial charge in [-0.3, -0.25) is 0 Å². The third-order valence-electron chi connectivity index (χ3n) is 3.92. The Morgan fingerprint density at radius 3 is 0.970 bits per heavy atom. The number of hydrogen-bond donors (Lipinski definition) is 2. The minimum Gasteiger partial charge on any atom is -0.852 e. The summed E-state index contributed by atoms with van der Waals surface area (Å²) in [5.41, 5.74) is 4.46. The molecule has 0 aromatic heterocycles. The molecule has 4 nitrogen and oxygen atoms in total. The van der Waals surface area contributed by atoms with Crippen LogP contribution in [0.1, 0.15) is 91.5 Å². The third-order valence-corrected chi connectivity index (χ3v) is 3.92. The Morgan fingerprint density at radius 1 is 0.606 bits per heavy atom. The molecule has 0 atom stereocenters. The summed E-state index contributed by atoms with van der Waals surface area (Å²) >= 11 is 0. The van der Waals surface area contributed by atoms with E-state index in [1.165, 1.54) is 11.1 Å². The van der Waals surface area contributed by atoms with Crippen LogP contribution in [0.3, 0.4) is 0 Å². The number of aromatic hydroxyl groups is 2. The van der Waals surface area contributed by atoms with Crippen molar-refractivity contribution in [3.05, 3.63) is 58.7 Å². The predicted molar refractivity (Wildman–Crippen MR) is 133 cm³/mol. The van der Waals surface area contributed by atoms with Gasteiger partial charge in [0.05, 0.1) is 0 Å². The Hall–Kier alpha value is -1.33. The molecule has 0 saturated carbocycles. The minimum atomic E-state index is -0.417. The zero-order valence-electron chi connectivity index (χ0n) is 22.8. The molecule has 0 aliphatic rings. The van der Waals surface area contributed by atoms with E-state index in [2.05, 4.69) is 41.5 Å². The van der Waals surface area contributed by atoms with Crippen LogP contribution in [0.5, 0.6) is 11.5 Å². The normalized spacial score (nSPS) is 10.7. The summed E-state index contributed by atoms with van der Waals surface area (Å²) in [4.78, 5) is 0. The Labute approximate surface area is 218 Å². The van der Waals surface area contributed by atoms with Gasteiger partial charge in [-0.2, -0.15) is 0 Å². The van der Waals surface area contributed by atoms with Crippen molar-refractivity contribution in [3.8, 4) is 11.5 Å². The van der Waals surface area contributed by atoms with E-state index in [0.29, 0.717) is 11.5 Å². The van der Waals surface area contributed by atoms with Crippen LogP contribution in [0, 0.1) is 13.8 Å². The Kier molecular flexibility index (Phi) is 17.9. The number of phenolic OH excluding ortho intramolecular Hbond substituents is 2. The monoisotopic (exact) mass is 494 g/mol. The molecule has 0 spiro atoms. The SMILES string of the molecule is CC(C)[O-].CC(C)[O-].Cc1ccc(O)c(C(C)(C)C)c1.Cc1ccc(O)c(C(C)(C)C)c1.[Ti+2]. The molecule has 2 aromatic carbocycles. The zero-order valence-corrected chi connectivity index (χ0v) is 24.4. The molecule has 2 aromatic rings. The molecule has 0 radical (unpaired) electrons. The van der Waals surface area contributed by atoms with Gasteiger partial charge >= 0.3 is 21.7 Å². The first-order valence-corrected chi connectivity index (χ1v) is 11.2. The third kappa shape index (κ3) is 18.8. The van der Waals surface area contributed by atoms with E-state index in [9.17, 15) is 20.4 Å². The zero-order chi connectivity index (χ0) is 25.9. The van der Waals surface area contributed by atoms with Crippen molar-refractivity contribution in [3.63, 3.8) is 0 Å². The average molecular weight is 495 g/mol. The molecule has 186 valence electrons. The van der Waals surface area contributed by atoms with Crippen LogP contribution >= 0.6 is 0 Å². The van der Waals surface area contributed by atoms with Crippen molar-refractivity contribution in [2.45, 2.75) is 106 Å². The Morgan fingerprint density at radius 2 is 0.818 bits per heavy atom. The van der Waals surface area contributed by atoms with Crippen molar-refractivity contribution in [1.82, 2.24) is 0 Å². The molecular weight excluding hydrogens is 448 g/mol. The van der Waals surface area contributed by atoms with Crippen molar-refractivity contribution in [2.24, 2.45) is 0 Å².